The molecule has 1 amide bonds. The summed E-state index contributed by atoms with van der Waals surface area (Å²) in [6.45, 7) is 2.68. The lowest BCUT2D eigenvalue weighted by Gasteiger charge is -2.29. The number of nitrogens with zero attached hydrogens (tertiary/aromatic N) is 1. The molecule has 2 unspecified atom stereocenters. The Labute approximate surface area is 122 Å². The minimum Gasteiger partial charge on any atom is -0.385 e. The van der Waals surface area contributed by atoms with E-state index in [4.69, 9.17) is 15.2 Å². The molecule has 1 fully saturated rings. The lowest BCUT2D eigenvalue weighted by Crippen LogP contribution is -2.37. The molecule has 1 aliphatic carbocycles. The van der Waals surface area contributed by atoms with Gasteiger partial charge in [-0.2, -0.15) is 0 Å². The summed E-state index contributed by atoms with van der Waals surface area (Å²) in [5, 5.41) is 0. The zero-order valence-electron chi connectivity index (χ0n) is 13.0. The first-order chi connectivity index (χ1) is 9.67. The maximum absolute atomic E-state index is 12.4. The Kier molecular flexibility index (Phi) is 8.82. The number of carbonyl (C=O) groups is 1. The molecule has 20 heavy (non-hydrogen) atoms. The Morgan fingerprint density at radius 3 is 2.60 bits per heavy atom. The zero-order valence-corrected chi connectivity index (χ0v) is 13.0. The van der Waals surface area contributed by atoms with Crippen molar-refractivity contribution < 1.29 is 14.3 Å². The number of methoxy groups -OCH3 is 2. The number of amides is 1. The number of ether oxygens (including phenoxy) is 2. The van der Waals surface area contributed by atoms with Crippen molar-refractivity contribution >= 4 is 5.91 Å². The second-order valence-electron chi connectivity index (χ2n) is 5.72. The van der Waals surface area contributed by atoms with E-state index in [-0.39, 0.29) is 11.9 Å². The molecule has 0 spiro atoms. The molecule has 1 saturated carbocycles. The Bertz CT molecular complexity index is 274. The molecule has 0 aromatic carbocycles. The van der Waals surface area contributed by atoms with Gasteiger partial charge in [-0.25, -0.2) is 0 Å². The van der Waals surface area contributed by atoms with Crippen LogP contribution in [0.15, 0.2) is 0 Å². The van der Waals surface area contributed by atoms with Crippen LogP contribution in [0.3, 0.4) is 0 Å². The van der Waals surface area contributed by atoms with Crippen LogP contribution in [0.25, 0.3) is 0 Å². The van der Waals surface area contributed by atoms with Crippen molar-refractivity contribution in [1.82, 2.24) is 4.90 Å². The number of carbonyl (C=O) groups excluding carboxylic acids is 1. The molecule has 2 atom stereocenters. The summed E-state index contributed by atoms with van der Waals surface area (Å²) in [6, 6.07) is 0.280. The molecule has 0 bridgehead atoms. The van der Waals surface area contributed by atoms with Crippen LogP contribution in [0.5, 0.6) is 0 Å². The molecule has 2 N–H and O–H groups in total. The SMILES string of the molecule is COCCCN(CCOC)C(=O)CC1CCCC(N)C1. The van der Waals surface area contributed by atoms with Gasteiger partial charge in [0.15, 0.2) is 0 Å². The molecule has 0 saturated heterocycles. The van der Waals surface area contributed by atoms with E-state index >= 15 is 0 Å². The summed E-state index contributed by atoms with van der Waals surface area (Å²) in [6.07, 6.45) is 5.88. The molecule has 5 nitrogen and oxygen atoms in total. The smallest absolute Gasteiger partial charge is 0.222 e. The van der Waals surface area contributed by atoms with Gasteiger partial charge in [0.05, 0.1) is 6.61 Å². The molecule has 0 aromatic heterocycles. The highest BCUT2D eigenvalue weighted by Crippen LogP contribution is 2.26. The quantitative estimate of drug-likeness (QED) is 0.651. The predicted molar refractivity (Wildman–Crippen MR) is 79.5 cm³/mol. The van der Waals surface area contributed by atoms with Crippen LogP contribution in [0.2, 0.25) is 0 Å². The molecular weight excluding hydrogens is 256 g/mol. The Hall–Kier alpha value is -0.650. The fourth-order valence-corrected chi connectivity index (χ4v) is 2.86. The summed E-state index contributed by atoms with van der Waals surface area (Å²) in [4.78, 5) is 14.3. The first-order valence-electron chi connectivity index (χ1n) is 7.68. The van der Waals surface area contributed by atoms with Crippen molar-refractivity contribution in [2.75, 3.05) is 40.5 Å². The highest BCUT2D eigenvalue weighted by atomic mass is 16.5. The molecule has 1 aliphatic rings. The van der Waals surface area contributed by atoms with Crippen molar-refractivity contribution in [2.45, 2.75) is 44.6 Å². The third-order valence-corrected chi connectivity index (χ3v) is 3.98. The third-order valence-electron chi connectivity index (χ3n) is 3.98. The number of rotatable bonds is 9. The van der Waals surface area contributed by atoms with E-state index in [1.807, 2.05) is 4.90 Å². The van der Waals surface area contributed by atoms with E-state index < -0.39 is 0 Å². The topological polar surface area (TPSA) is 64.8 Å². The minimum atomic E-state index is 0.234. The first kappa shape index (κ1) is 17.4. The largest absolute Gasteiger partial charge is 0.385 e. The standard InChI is InChI=1S/C15H30N2O3/c1-19-9-4-7-17(8-10-20-2)15(18)12-13-5-3-6-14(16)11-13/h13-14H,3-12,16H2,1-2H3. The second kappa shape index (κ2) is 10.1. The molecule has 1 rings (SSSR count). The highest BCUT2D eigenvalue weighted by molar-refractivity contribution is 5.76. The molecule has 118 valence electrons. The van der Waals surface area contributed by atoms with Gasteiger partial charge in [0.2, 0.25) is 5.91 Å². The maximum atomic E-state index is 12.4. The van der Waals surface area contributed by atoms with Crippen LogP contribution in [-0.4, -0.2) is 57.4 Å². The van der Waals surface area contributed by atoms with Crippen LogP contribution in [0.4, 0.5) is 0 Å². The average molecular weight is 286 g/mol. The minimum absolute atomic E-state index is 0.234. The summed E-state index contributed by atoms with van der Waals surface area (Å²) in [7, 11) is 3.35. The van der Waals surface area contributed by atoms with Gasteiger partial charge >= 0.3 is 0 Å². The van der Waals surface area contributed by atoms with Gasteiger partial charge < -0.3 is 20.1 Å². The van der Waals surface area contributed by atoms with E-state index in [0.717, 1.165) is 38.6 Å². The van der Waals surface area contributed by atoms with Crippen molar-refractivity contribution in [2.24, 2.45) is 11.7 Å². The maximum Gasteiger partial charge on any atom is 0.222 e. The van der Waals surface area contributed by atoms with E-state index in [1.165, 1.54) is 0 Å². The lowest BCUT2D eigenvalue weighted by atomic mass is 9.84. The van der Waals surface area contributed by atoms with Gasteiger partial charge in [-0.1, -0.05) is 6.42 Å². The molecule has 0 aromatic rings. The van der Waals surface area contributed by atoms with Gasteiger partial charge in [0.1, 0.15) is 0 Å². The molecule has 0 aliphatic heterocycles. The fourth-order valence-electron chi connectivity index (χ4n) is 2.86. The fraction of sp³-hybridized carbons (Fsp3) is 0.933. The summed E-state index contributed by atoms with van der Waals surface area (Å²) < 4.78 is 10.1. The summed E-state index contributed by atoms with van der Waals surface area (Å²) >= 11 is 0. The van der Waals surface area contributed by atoms with Crippen LogP contribution in [0, 0.1) is 5.92 Å². The van der Waals surface area contributed by atoms with Crippen molar-refractivity contribution in [3.8, 4) is 0 Å². The van der Waals surface area contributed by atoms with Gasteiger partial charge in [0.25, 0.3) is 0 Å². The molecule has 0 radical (unpaired) electrons. The van der Waals surface area contributed by atoms with E-state index in [0.29, 0.717) is 32.1 Å². The normalized spacial score (nSPS) is 22.8. The highest BCUT2D eigenvalue weighted by Gasteiger charge is 2.23. The van der Waals surface area contributed by atoms with Gasteiger partial charge in [-0.3, -0.25) is 4.79 Å². The second-order valence-corrected chi connectivity index (χ2v) is 5.72. The van der Waals surface area contributed by atoms with Crippen LogP contribution in [-0.2, 0) is 14.3 Å². The van der Waals surface area contributed by atoms with Crippen LogP contribution >= 0.6 is 0 Å². The van der Waals surface area contributed by atoms with Crippen LogP contribution < -0.4 is 5.73 Å². The lowest BCUT2D eigenvalue weighted by molar-refractivity contribution is -0.133. The van der Waals surface area contributed by atoms with Crippen molar-refractivity contribution in [1.29, 1.82) is 0 Å². The Balaban J connectivity index is 2.39. The molecular formula is C15H30N2O3. The number of hydrogen-bond acceptors (Lipinski definition) is 4. The third kappa shape index (κ3) is 6.68. The predicted octanol–water partition coefficient (Wildman–Crippen LogP) is 1.41. The summed E-state index contributed by atoms with van der Waals surface area (Å²) in [5.74, 6) is 0.691. The van der Waals surface area contributed by atoms with Crippen molar-refractivity contribution in [3.05, 3.63) is 0 Å². The van der Waals surface area contributed by atoms with Crippen LogP contribution in [0.1, 0.15) is 38.5 Å². The van der Waals surface area contributed by atoms with E-state index in [2.05, 4.69) is 0 Å². The Morgan fingerprint density at radius 2 is 1.95 bits per heavy atom. The van der Waals surface area contributed by atoms with Crippen molar-refractivity contribution in [3.63, 3.8) is 0 Å². The molecule has 0 heterocycles. The van der Waals surface area contributed by atoms with Gasteiger partial charge in [0, 0.05) is 46.4 Å². The zero-order chi connectivity index (χ0) is 14.8. The van der Waals surface area contributed by atoms with Gasteiger partial charge in [-0.05, 0) is 31.6 Å². The van der Waals surface area contributed by atoms with Gasteiger partial charge in [-0.15, -0.1) is 0 Å². The average Bonchev–Trinajstić information content (AvgIpc) is 2.42. The first-order valence-corrected chi connectivity index (χ1v) is 7.68. The Morgan fingerprint density at radius 1 is 1.20 bits per heavy atom. The number of hydrogen-bond donors (Lipinski definition) is 1. The summed E-state index contributed by atoms with van der Waals surface area (Å²) in [5.41, 5.74) is 5.99. The van der Waals surface area contributed by atoms with E-state index in [9.17, 15) is 4.79 Å². The monoisotopic (exact) mass is 286 g/mol. The molecule has 5 heteroatoms. The van der Waals surface area contributed by atoms with E-state index in [1.54, 1.807) is 14.2 Å². The number of nitrogens with two attached hydrogens (primary N) is 1.